The minimum Gasteiger partial charge on any atom is -0.204 e. The second-order valence-electron chi connectivity index (χ2n) is 9.21. The van der Waals surface area contributed by atoms with Gasteiger partial charge in [0, 0.05) is 5.56 Å². The summed E-state index contributed by atoms with van der Waals surface area (Å²) >= 11 is 0. The molecule has 0 bridgehead atoms. The number of halogens is 2. The van der Waals surface area contributed by atoms with E-state index in [1.54, 1.807) is 12.1 Å². The zero-order valence-corrected chi connectivity index (χ0v) is 18.1. The SMILES string of the molecule is CCCCCCCCC[C@H]1CC[C@H](C2C=CC(c3cccc(F)c3F)=CC2)CC1. The van der Waals surface area contributed by atoms with Crippen LogP contribution in [0.4, 0.5) is 8.78 Å². The molecule has 2 aliphatic rings. The fourth-order valence-electron chi connectivity index (χ4n) is 5.21. The van der Waals surface area contributed by atoms with Crippen molar-refractivity contribution in [3.05, 3.63) is 53.6 Å². The van der Waals surface area contributed by atoms with Crippen LogP contribution in [0.1, 0.15) is 96.0 Å². The van der Waals surface area contributed by atoms with Gasteiger partial charge in [0.2, 0.25) is 0 Å². The molecule has 1 aromatic carbocycles. The highest BCUT2D eigenvalue weighted by atomic mass is 19.2. The summed E-state index contributed by atoms with van der Waals surface area (Å²) in [6.07, 6.45) is 24.0. The van der Waals surface area contributed by atoms with Gasteiger partial charge in [0.05, 0.1) is 0 Å². The van der Waals surface area contributed by atoms with Crippen molar-refractivity contribution in [3.63, 3.8) is 0 Å². The first-order valence-corrected chi connectivity index (χ1v) is 12.0. The van der Waals surface area contributed by atoms with Crippen LogP contribution in [0, 0.1) is 29.4 Å². The molecule has 1 atom stereocenters. The first-order valence-electron chi connectivity index (χ1n) is 12.0. The van der Waals surface area contributed by atoms with E-state index < -0.39 is 11.6 Å². The smallest absolute Gasteiger partial charge is 0.166 e. The van der Waals surface area contributed by atoms with Gasteiger partial charge in [-0.15, -0.1) is 0 Å². The van der Waals surface area contributed by atoms with Crippen LogP contribution in [0.15, 0.2) is 36.4 Å². The lowest BCUT2D eigenvalue weighted by Gasteiger charge is -2.33. The van der Waals surface area contributed by atoms with E-state index in [9.17, 15) is 8.78 Å². The molecule has 0 radical (unpaired) electrons. The largest absolute Gasteiger partial charge is 0.204 e. The molecule has 0 aromatic heterocycles. The zero-order chi connectivity index (χ0) is 20.5. The summed E-state index contributed by atoms with van der Waals surface area (Å²) in [7, 11) is 0. The van der Waals surface area contributed by atoms with Gasteiger partial charge in [-0.25, -0.2) is 8.78 Å². The number of hydrogen-bond donors (Lipinski definition) is 0. The molecule has 2 aliphatic carbocycles. The van der Waals surface area contributed by atoms with Crippen molar-refractivity contribution in [2.75, 3.05) is 0 Å². The average molecular weight is 401 g/mol. The zero-order valence-electron chi connectivity index (χ0n) is 18.1. The van der Waals surface area contributed by atoms with Gasteiger partial charge in [0.1, 0.15) is 0 Å². The Hall–Kier alpha value is -1.44. The molecule has 1 aromatic rings. The van der Waals surface area contributed by atoms with Crippen LogP contribution in [-0.4, -0.2) is 0 Å². The van der Waals surface area contributed by atoms with E-state index in [0.717, 1.165) is 23.8 Å². The highest BCUT2D eigenvalue weighted by Crippen LogP contribution is 2.40. The van der Waals surface area contributed by atoms with E-state index in [4.69, 9.17) is 0 Å². The quantitative estimate of drug-likeness (QED) is 0.344. The van der Waals surface area contributed by atoms with E-state index in [1.165, 1.54) is 83.1 Å². The molecular weight excluding hydrogens is 362 g/mol. The molecule has 1 unspecified atom stereocenters. The van der Waals surface area contributed by atoms with E-state index in [-0.39, 0.29) is 0 Å². The van der Waals surface area contributed by atoms with E-state index in [1.807, 2.05) is 6.08 Å². The maximum atomic E-state index is 14.0. The molecule has 29 heavy (non-hydrogen) atoms. The second kappa shape index (κ2) is 11.7. The maximum absolute atomic E-state index is 14.0. The Morgan fingerprint density at radius 1 is 0.897 bits per heavy atom. The van der Waals surface area contributed by atoms with E-state index in [2.05, 4.69) is 19.1 Å². The summed E-state index contributed by atoms with van der Waals surface area (Å²) in [5.41, 5.74) is 1.21. The number of benzene rings is 1. The van der Waals surface area contributed by atoms with E-state index >= 15 is 0 Å². The summed E-state index contributed by atoms with van der Waals surface area (Å²) in [5, 5.41) is 0. The molecule has 3 rings (SSSR count). The van der Waals surface area contributed by atoms with Crippen molar-refractivity contribution < 1.29 is 8.78 Å². The number of allylic oxidation sites excluding steroid dienone is 4. The van der Waals surface area contributed by atoms with Crippen LogP contribution in [0.2, 0.25) is 0 Å². The van der Waals surface area contributed by atoms with Gasteiger partial charge in [-0.1, -0.05) is 101 Å². The summed E-state index contributed by atoms with van der Waals surface area (Å²) in [5.74, 6) is 0.759. The fourth-order valence-corrected chi connectivity index (χ4v) is 5.21. The molecule has 160 valence electrons. The predicted octanol–water partition coefficient (Wildman–Crippen LogP) is 8.87. The highest BCUT2D eigenvalue weighted by Gasteiger charge is 2.27. The van der Waals surface area contributed by atoms with Crippen LogP contribution in [-0.2, 0) is 0 Å². The molecule has 0 nitrogen and oxygen atoms in total. The standard InChI is InChI=1S/C27H38F2/c1-2-3-4-5-6-7-8-10-21-13-15-22(16-14-21)23-17-19-24(20-18-23)25-11-9-12-26(28)27(25)29/h9,11-12,17,19-23H,2-8,10,13-16,18H2,1H3/t21-,22-,23?. The Bertz CT molecular complexity index is 680. The molecule has 0 spiro atoms. The maximum Gasteiger partial charge on any atom is 0.166 e. The molecule has 1 fully saturated rings. The minimum atomic E-state index is -0.766. The third-order valence-corrected chi connectivity index (χ3v) is 7.11. The van der Waals surface area contributed by atoms with Gasteiger partial charge in [-0.05, 0) is 48.7 Å². The number of unbranched alkanes of at least 4 members (excludes halogenated alkanes) is 6. The van der Waals surface area contributed by atoms with Gasteiger partial charge >= 0.3 is 0 Å². The summed E-state index contributed by atoms with van der Waals surface area (Å²) in [6.45, 7) is 2.28. The molecule has 0 heterocycles. The Morgan fingerprint density at radius 3 is 2.31 bits per heavy atom. The van der Waals surface area contributed by atoms with Crippen molar-refractivity contribution in [1.82, 2.24) is 0 Å². The third kappa shape index (κ3) is 6.52. The Balaban J connectivity index is 1.36. The topological polar surface area (TPSA) is 0 Å². The molecule has 0 amide bonds. The van der Waals surface area contributed by atoms with Gasteiger partial charge in [-0.2, -0.15) is 0 Å². The third-order valence-electron chi connectivity index (χ3n) is 7.11. The van der Waals surface area contributed by atoms with Crippen molar-refractivity contribution in [3.8, 4) is 0 Å². The monoisotopic (exact) mass is 400 g/mol. The molecule has 1 saturated carbocycles. The Kier molecular flexibility index (Phi) is 8.95. The fraction of sp³-hybridized carbons (Fsp3) is 0.630. The van der Waals surface area contributed by atoms with Crippen LogP contribution in [0.25, 0.3) is 5.57 Å². The lowest BCUT2D eigenvalue weighted by atomic mass is 9.72. The Labute approximate surface area is 176 Å². The Morgan fingerprint density at radius 2 is 1.62 bits per heavy atom. The van der Waals surface area contributed by atoms with Gasteiger partial charge in [-0.3, -0.25) is 0 Å². The van der Waals surface area contributed by atoms with Crippen LogP contribution in [0.5, 0.6) is 0 Å². The molecule has 0 saturated heterocycles. The van der Waals surface area contributed by atoms with Gasteiger partial charge < -0.3 is 0 Å². The van der Waals surface area contributed by atoms with E-state index in [0.29, 0.717) is 11.5 Å². The van der Waals surface area contributed by atoms with Crippen molar-refractivity contribution >= 4 is 5.57 Å². The minimum absolute atomic E-state index is 0.387. The van der Waals surface area contributed by atoms with Crippen molar-refractivity contribution in [1.29, 1.82) is 0 Å². The van der Waals surface area contributed by atoms with Crippen LogP contribution < -0.4 is 0 Å². The van der Waals surface area contributed by atoms with Crippen molar-refractivity contribution in [2.24, 2.45) is 17.8 Å². The lowest BCUT2D eigenvalue weighted by Crippen LogP contribution is -2.21. The number of hydrogen-bond acceptors (Lipinski definition) is 0. The normalized spacial score (nSPS) is 24.5. The van der Waals surface area contributed by atoms with Crippen molar-refractivity contribution in [2.45, 2.75) is 90.4 Å². The first-order chi connectivity index (χ1) is 14.2. The summed E-state index contributed by atoms with van der Waals surface area (Å²) < 4.78 is 27.5. The molecule has 0 aliphatic heterocycles. The molecular formula is C27H38F2. The first kappa shape index (κ1) is 22.2. The lowest BCUT2D eigenvalue weighted by molar-refractivity contribution is 0.218. The molecule has 0 N–H and O–H groups in total. The average Bonchev–Trinajstić information content (AvgIpc) is 2.76. The second-order valence-corrected chi connectivity index (χ2v) is 9.21. The predicted molar refractivity (Wildman–Crippen MR) is 120 cm³/mol. The van der Waals surface area contributed by atoms with Gasteiger partial charge in [0.25, 0.3) is 0 Å². The van der Waals surface area contributed by atoms with Crippen LogP contribution >= 0.6 is 0 Å². The summed E-state index contributed by atoms with van der Waals surface area (Å²) in [6, 6.07) is 4.44. The van der Waals surface area contributed by atoms with Gasteiger partial charge in [0.15, 0.2) is 11.6 Å². The molecule has 2 heteroatoms. The highest BCUT2D eigenvalue weighted by molar-refractivity contribution is 5.75. The van der Waals surface area contributed by atoms with Crippen LogP contribution in [0.3, 0.4) is 0 Å². The number of rotatable bonds is 10. The summed E-state index contributed by atoms with van der Waals surface area (Å²) in [4.78, 5) is 0.